The van der Waals surface area contributed by atoms with E-state index in [4.69, 9.17) is 0 Å². The minimum absolute atomic E-state index is 0.0493. The Morgan fingerprint density at radius 3 is 2.69 bits per heavy atom. The largest absolute Gasteiger partial charge is 0.279 e. The number of nitrogens with zero attached hydrogens (tertiary/aromatic N) is 3. The van der Waals surface area contributed by atoms with Crippen LogP contribution >= 0.6 is 12.6 Å². The highest BCUT2D eigenvalue weighted by Gasteiger charge is 2.30. The Bertz CT molecular complexity index is 301. The van der Waals surface area contributed by atoms with Crippen LogP contribution in [0.25, 0.3) is 0 Å². The van der Waals surface area contributed by atoms with Crippen LogP contribution in [0.2, 0.25) is 0 Å². The van der Waals surface area contributed by atoms with Crippen molar-refractivity contribution in [3.8, 4) is 0 Å². The number of aryl methyl sites for hydroxylation is 1. The molecule has 1 aromatic heterocycles. The van der Waals surface area contributed by atoms with Crippen molar-refractivity contribution in [2.45, 2.75) is 31.8 Å². The summed E-state index contributed by atoms with van der Waals surface area (Å²) in [6, 6.07) is 0. The summed E-state index contributed by atoms with van der Waals surface area (Å²) in [5.74, 6) is 0. The van der Waals surface area contributed by atoms with Crippen LogP contribution < -0.4 is 0 Å². The molecular weight excluding hydrogens is 182 g/mol. The van der Waals surface area contributed by atoms with Crippen LogP contribution in [0.1, 0.15) is 25.1 Å². The average molecular weight is 197 g/mol. The number of hydrogen-bond donors (Lipinski definition) is 1. The molecule has 0 saturated carbocycles. The van der Waals surface area contributed by atoms with Crippen LogP contribution in [0, 0.1) is 0 Å². The smallest absolute Gasteiger partial charge is 0.0810 e. The number of fused-ring (bicyclic) bond motifs is 1. The van der Waals surface area contributed by atoms with E-state index < -0.39 is 0 Å². The van der Waals surface area contributed by atoms with Crippen LogP contribution in [0.5, 0.6) is 0 Å². The summed E-state index contributed by atoms with van der Waals surface area (Å²) in [7, 11) is 1.97. The maximum Gasteiger partial charge on any atom is 0.0810 e. The summed E-state index contributed by atoms with van der Waals surface area (Å²) in [5, 5.41) is 4.40. The van der Waals surface area contributed by atoms with Gasteiger partial charge in [0.25, 0.3) is 0 Å². The zero-order chi connectivity index (χ0) is 9.64. The van der Waals surface area contributed by atoms with Gasteiger partial charge >= 0.3 is 0 Å². The number of thiol groups is 1. The average Bonchev–Trinajstić information content (AvgIpc) is 2.40. The molecule has 0 amide bonds. The summed E-state index contributed by atoms with van der Waals surface area (Å²) in [6.45, 7) is 6.12. The fourth-order valence-corrected chi connectivity index (χ4v) is 1.82. The predicted octanol–water partition coefficient (Wildman–Crippen LogP) is 1.40. The third kappa shape index (κ3) is 1.60. The lowest BCUT2D eigenvalue weighted by molar-refractivity contribution is 0.198. The third-order valence-corrected chi connectivity index (χ3v) is 2.75. The highest BCUT2D eigenvalue weighted by molar-refractivity contribution is 7.81. The number of hydrogen-bond acceptors (Lipinski definition) is 3. The van der Waals surface area contributed by atoms with E-state index in [9.17, 15) is 0 Å². The Morgan fingerprint density at radius 2 is 2.15 bits per heavy atom. The summed E-state index contributed by atoms with van der Waals surface area (Å²) in [5.41, 5.74) is 2.54. The first-order chi connectivity index (χ1) is 5.97. The second-order valence-electron chi connectivity index (χ2n) is 4.13. The van der Waals surface area contributed by atoms with Crippen molar-refractivity contribution in [1.29, 1.82) is 0 Å². The quantitative estimate of drug-likeness (QED) is 0.687. The van der Waals surface area contributed by atoms with Crippen molar-refractivity contribution >= 4 is 12.6 Å². The topological polar surface area (TPSA) is 21.1 Å². The standard InChI is InChI=1S/C9H15N3S/c1-9(2,13)12-5-7-4-11(3)10-8(7)6-12/h4,13H,5-6H2,1-3H3. The summed E-state index contributed by atoms with van der Waals surface area (Å²) in [6.07, 6.45) is 2.09. The fourth-order valence-electron chi connectivity index (χ4n) is 1.68. The predicted molar refractivity (Wildman–Crippen MR) is 55.5 cm³/mol. The van der Waals surface area contributed by atoms with Gasteiger partial charge < -0.3 is 0 Å². The molecule has 0 radical (unpaired) electrons. The van der Waals surface area contributed by atoms with Gasteiger partial charge in [0.1, 0.15) is 0 Å². The van der Waals surface area contributed by atoms with E-state index in [2.05, 4.69) is 42.7 Å². The monoisotopic (exact) mass is 197 g/mol. The van der Waals surface area contributed by atoms with Crippen molar-refractivity contribution in [3.63, 3.8) is 0 Å². The molecule has 0 saturated heterocycles. The second kappa shape index (κ2) is 2.75. The van der Waals surface area contributed by atoms with Crippen molar-refractivity contribution in [2.24, 2.45) is 7.05 Å². The Morgan fingerprint density at radius 1 is 1.46 bits per heavy atom. The van der Waals surface area contributed by atoms with Gasteiger partial charge in [-0.2, -0.15) is 17.7 Å². The van der Waals surface area contributed by atoms with Gasteiger partial charge in [-0.3, -0.25) is 9.58 Å². The molecule has 0 spiro atoms. The first-order valence-corrected chi connectivity index (χ1v) is 4.90. The van der Waals surface area contributed by atoms with Crippen molar-refractivity contribution < 1.29 is 0 Å². The second-order valence-corrected chi connectivity index (χ2v) is 5.22. The Labute approximate surface area is 84.1 Å². The zero-order valence-electron chi connectivity index (χ0n) is 8.28. The SMILES string of the molecule is Cn1cc2c(n1)CN(C(C)(C)S)C2. The van der Waals surface area contributed by atoms with Crippen molar-refractivity contribution in [1.82, 2.24) is 14.7 Å². The van der Waals surface area contributed by atoms with Gasteiger partial charge in [-0.25, -0.2) is 0 Å². The molecule has 3 nitrogen and oxygen atoms in total. The minimum atomic E-state index is -0.0493. The lowest BCUT2D eigenvalue weighted by atomic mass is 10.3. The Kier molecular flexibility index (Phi) is 1.92. The molecule has 13 heavy (non-hydrogen) atoms. The van der Waals surface area contributed by atoms with E-state index in [-0.39, 0.29) is 4.87 Å². The van der Waals surface area contributed by atoms with Crippen molar-refractivity contribution in [3.05, 3.63) is 17.5 Å². The summed E-state index contributed by atoms with van der Waals surface area (Å²) in [4.78, 5) is 2.26. The molecule has 4 heteroatoms. The van der Waals surface area contributed by atoms with E-state index in [1.165, 1.54) is 11.3 Å². The molecule has 0 aliphatic carbocycles. The molecule has 0 unspecified atom stereocenters. The van der Waals surface area contributed by atoms with Gasteiger partial charge in [0, 0.05) is 31.9 Å². The molecule has 0 fully saturated rings. The van der Waals surface area contributed by atoms with E-state index in [1.54, 1.807) is 0 Å². The van der Waals surface area contributed by atoms with Gasteiger partial charge in [0.15, 0.2) is 0 Å². The normalized spacial score (nSPS) is 17.8. The third-order valence-electron chi connectivity index (χ3n) is 2.47. The van der Waals surface area contributed by atoms with E-state index in [0.29, 0.717) is 0 Å². The molecule has 0 N–H and O–H groups in total. The molecule has 0 bridgehead atoms. The molecule has 0 atom stereocenters. The first-order valence-electron chi connectivity index (χ1n) is 4.45. The molecule has 2 heterocycles. The lowest BCUT2D eigenvalue weighted by Crippen LogP contribution is -2.34. The molecule has 2 rings (SSSR count). The molecule has 1 aromatic rings. The van der Waals surface area contributed by atoms with Crippen LogP contribution in [0.15, 0.2) is 6.20 Å². The summed E-state index contributed by atoms with van der Waals surface area (Å²) < 4.78 is 1.88. The maximum absolute atomic E-state index is 4.55. The zero-order valence-corrected chi connectivity index (χ0v) is 9.17. The molecule has 1 aliphatic heterocycles. The number of rotatable bonds is 1. The Hall–Kier alpha value is -0.480. The number of aromatic nitrogens is 2. The molecule has 1 aliphatic rings. The van der Waals surface area contributed by atoms with Crippen LogP contribution in [0.3, 0.4) is 0 Å². The molecule has 72 valence electrons. The van der Waals surface area contributed by atoms with Crippen LogP contribution in [-0.4, -0.2) is 19.6 Å². The highest BCUT2D eigenvalue weighted by Crippen LogP contribution is 2.30. The molecular formula is C9H15N3S. The molecule has 0 aromatic carbocycles. The maximum atomic E-state index is 4.55. The minimum Gasteiger partial charge on any atom is -0.279 e. The van der Waals surface area contributed by atoms with Gasteiger partial charge in [-0.05, 0) is 13.8 Å². The van der Waals surface area contributed by atoms with E-state index >= 15 is 0 Å². The van der Waals surface area contributed by atoms with E-state index in [1.807, 2.05) is 11.7 Å². The first kappa shape index (κ1) is 9.09. The summed E-state index contributed by atoms with van der Waals surface area (Å²) >= 11 is 4.55. The van der Waals surface area contributed by atoms with Crippen LogP contribution in [0.4, 0.5) is 0 Å². The van der Waals surface area contributed by atoms with Gasteiger partial charge in [-0.1, -0.05) is 0 Å². The van der Waals surface area contributed by atoms with Crippen molar-refractivity contribution in [2.75, 3.05) is 0 Å². The highest BCUT2D eigenvalue weighted by atomic mass is 32.1. The Balaban J connectivity index is 2.20. The van der Waals surface area contributed by atoms with E-state index in [0.717, 1.165) is 13.1 Å². The fraction of sp³-hybridized carbons (Fsp3) is 0.667. The lowest BCUT2D eigenvalue weighted by Gasteiger charge is -2.30. The van der Waals surface area contributed by atoms with Gasteiger partial charge in [0.05, 0.1) is 10.6 Å². The van der Waals surface area contributed by atoms with Gasteiger partial charge in [-0.15, -0.1) is 0 Å². The van der Waals surface area contributed by atoms with Crippen LogP contribution in [-0.2, 0) is 20.1 Å². The van der Waals surface area contributed by atoms with Gasteiger partial charge in [0.2, 0.25) is 0 Å².